The van der Waals surface area contributed by atoms with E-state index in [0.717, 1.165) is 32.4 Å². The normalized spacial score (nSPS) is 10.5. The van der Waals surface area contributed by atoms with E-state index in [9.17, 15) is 4.79 Å². The van der Waals surface area contributed by atoms with Crippen LogP contribution in [0.25, 0.3) is 0 Å². The quantitative estimate of drug-likeness (QED) is 0.522. The lowest BCUT2D eigenvalue weighted by atomic mass is 10.2. The summed E-state index contributed by atoms with van der Waals surface area (Å²) in [5.74, 6) is -0.189. The minimum atomic E-state index is -0.189. The lowest BCUT2D eigenvalue weighted by Gasteiger charge is -2.04. The van der Waals surface area contributed by atoms with Crippen molar-refractivity contribution in [3.05, 3.63) is 22.4 Å². The van der Waals surface area contributed by atoms with Crippen molar-refractivity contribution in [2.24, 2.45) is 0 Å². The highest BCUT2D eigenvalue weighted by molar-refractivity contribution is 7.11. The molecule has 18 heavy (non-hydrogen) atoms. The molecule has 0 saturated heterocycles. The van der Waals surface area contributed by atoms with Crippen molar-refractivity contribution in [2.45, 2.75) is 39.0 Å². The first-order valence-electron chi connectivity index (χ1n) is 6.76. The van der Waals surface area contributed by atoms with Crippen LogP contribution >= 0.6 is 11.3 Å². The summed E-state index contributed by atoms with van der Waals surface area (Å²) in [7, 11) is 0. The maximum absolute atomic E-state index is 11.5. The van der Waals surface area contributed by atoms with Gasteiger partial charge in [-0.3, -0.25) is 0 Å². The number of carbonyl (C=O) groups is 1. The van der Waals surface area contributed by atoms with E-state index in [1.54, 1.807) is 6.07 Å². The fourth-order valence-corrected chi connectivity index (χ4v) is 2.20. The van der Waals surface area contributed by atoms with Gasteiger partial charge in [0.25, 0.3) is 0 Å². The predicted octanol–water partition coefficient (Wildman–Crippen LogP) is 3.46. The van der Waals surface area contributed by atoms with E-state index in [0.29, 0.717) is 11.5 Å². The zero-order valence-electron chi connectivity index (χ0n) is 11.1. The summed E-state index contributed by atoms with van der Waals surface area (Å²) >= 11 is 1.43. The number of esters is 1. The summed E-state index contributed by atoms with van der Waals surface area (Å²) in [4.78, 5) is 12.2. The molecule has 0 fully saturated rings. The van der Waals surface area contributed by atoms with Crippen molar-refractivity contribution in [3.63, 3.8) is 0 Å². The van der Waals surface area contributed by atoms with Crippen molar-refractivity contribution in [2.75, 3.05) is 19.7 Å². The summed E-state index contributed by atoms with van der Waals surface area (Å²) in [5.41, 5.74) is 0. The molecular formula is C14H23NO2S. The van der Waals surface area contributed by atoms with E-state index < -0.39 is 0 Å². The minimum absolute atomic E-state index is 0.189. The lowest BCUT2D eigenvalue weighted by Crippen LogP contribution is -2.16. The number of nitrogens with one attached hydrogen (secondary N) is 1. The summed E-state index contributed by atoms with van der Waals surface area (Å²) in [6, 6.07) is 3.66. The minimum Gasteiger partial charge on any atom is -0.462 e. The highest BCUT2D eigenvalue weighted by atomic mass is 32.1. The van der Waals surface area contributed by atoms with E-state index in [4.69, 9.17) is 4.74 Å². The Hall–Kier alpha value is -0.870. The van der Waals surface area contributed by atoms with Crippen LogP contribution in [0.2, 0.25) is 0 Å². The number of hydrogen-bond donors (Lipinski definition) is 1. The molecule has 0 aliphatic carbocycles. The number of carbonyl (C=O) groups excluding carboxylic acids is 1. The van der Waals surface area contributed by atoms with Gasteiger partial charge in [0.2, 0.25) is 0 Å². The largest absolute Gasteiger partial charge is 0.462 e. The molecule has 0 aliphatic rings. The Kier molecular flexibility index (Phi) is 8.51. The third-order valence-corrected chi connectivity index (χ3v) is 3.51. The van der Waals surface area contributed by atoms with Crippen molar-refractivity contribution >= 4 is 17.3 Å². The van der Waals surface area contributed by atoms with Crippen LogP contribution in [0.5, 0.6) is 0 Å². The SMILES string of the molecule is CCCCNCCCCCOC(=O)c1cccs1. The Morgan fingerprint density at radius 2 is 2.11 bits per heavy atom. The van der Waals surface area contributed by atoms with E-state index in [-0.39, 0.29) is 5.97 Å². The molecule has 0 unspecified atom stereocenters. The van der Waals surface area contributed by atoms with Crippen LogP contribution in [0.1, 0.15) is 48.7 Å². The first kappa shape index (κ1) is 15.2. The van der Waals surface area contributed by atoms with Gasteiger partial charge >= 0.3 is 5.97 Å². The zero-order valence-corrected chi connectivity index (χ0v) is 11.9. The fourth-order valence-electron chi connectivity index (χ4n) is 1.59. The van der Waals surface area contributed by atoms with Crippen molar-refractivity contribution in [1.82, 2.24) is 5.32 Å². The number of ether oxygens (including phenoxy) is 1. The number of hydrogen-bond acceptors (Lipinski definition) is 4. The molecule has 0 bridgehead atoms. The van der Waals surface area contributed by atoms with E-state index >= 15 is 0 Å². The van der Waals surface area contributed by atoms with Crippen LogP contribution in [-0.2, 0) is 4.74 Å². The molecule has 4 heteroatoms. The third-order valence-electron chi connectivity index (χ3n) is 2.66. The van der Waals surface area contributed by atoms with Crippen LogP contribution < -0.4 is 5.32 Å². The molecule has 0 amide bonds. The van der Waals surface area contributed by atoms with Crippen LogP contribution in [0, 0.1) is 0 Å². The molecule has 102 valence electrons. The maximum Gasteiger partial charge on any atom is 0.348 e. The molecule has 1 heterocycles. The first-order valence-corrected chi connectivity index (χ1v) is 7.64. The van der Waals surface area contributed by atoms with Gasteiger partial charge in [-0.15, -0.1) is 11.3 Å². The average Bonchev–Trinajstić information content (AvgIpc) is 2.90. The summed E-state index contributed by atoms with van der Waals surface area (Å²) in [6.07, 6.45) is 5.70. The smallest absolute Gasteiger partial charge is 0.348 e. The standard InChI is InChI=1S/C14H23NO2S/c1-2-3-9-15-10-5-4-6-11-17-14(16)13-8-7-12-18-13/h7-8,12,15H,2-6,9-11H2,1H3. The van der Waals surface area contributed by atoms with E-state index in [2.05, 4.69) is 12.2 Å². The second-order valence-corrected chi connectivity index (χ2v) is 5.23. The van der Waals surface area contributed by atoms with Gasteiger partial charge in [0, 0.05) is 0 Å². The Bertz CT molecular complexity index is 312. The Balaban J connectivity index is 1.88. The molecule has 3 nitrogen and oxygen atoms in total. The molecule has 0 aromatic carbocycles. The molecule has 0 atom stereocenters. The Morgan fingerprint density at radius 1 is 1.28 bits per heavy atom. The van der Waals surface area contributed by atoms with Gasteiger partial charge in [-0.05, 0) is 50.2 Å². The van der Waals surface area contributed by atoms with Gasteiger partial charge < -0.3 is 10.1 Å². The van der Waals surface area contributed by atoms with Crippen molar-refractivity contribution < 1.29 is 9.53 Å². The average molecular weight is 269 g/mol. The number of thiophene rings is 1. The van der Waals surface area contributed by atoms with Crippen LogP contribution in [0.15, 0.2) is 17.5 Å². The van der Waals surface area contributed by atoms with Gasteiger partial charge in [-0.1, -0.05) is 19.4 Å². The molecule has 0 aliphatic heterocycles. The molecule has 0 spiro atoms. The molecule has 0 radical (unpaired) electrons. The molecule has 1 N–H and O–H groups in total. The zero-order chi connectivity index (χ0) is 13.1. The molecule has 1 rings (SSSR count). The Morgan fingerprint density at radius 3 is 2.83 bits per heavy atom. The fraction of sp³-hybridized carbons (Fsp3) is 0.643. The second-order valence-electron chi connectivity index (χ2n) is 4.28. The van der Waals surface area contributed by atoms with E-state index in [1.165, 1.54) is 24.2 Å². The first-order chi connectivity index (χ1) is 8.84. The summed E-state index contributed by atoms with van der Waals surface area (Å²) in [6.45, 7) is 4.91. The van der Waals surface area contributed by atoms with Gasteiger partial charge in [-0.2, -0.15) is 0 Å². The molecule has 1 aromatic heterocycles. The summed E-state index contributed by atoms with van der Waals surface area (Å²) in [5, 5.41) is 5.29. The van der Waals surface area contributed by atoms with E-state index in [1.807, 2.05) is 11.4 Å². The molecular weight excluding hydrogens is 246 g/mol. The molecule has 0 saturated carbocycles. The van der Waals surface area contributed by atoms with Gasteiger partial charge in [0.1, 0.15) is 4.88 Å². The second kappa shape index (κ2) is 10.1. The Labute approximate surface area is 114 Å². The highest BCUT2D eigenvalue weighted by Crippen LogP contribution is 2.10. The van der Waals surface area contributed by atoms with Crippen LogP contribution in [0.3, 0.4) is 0 Å². The highest BCUT2D eigenvalue weighted by Gasteiger charge is 2.06. The number of unbranched alkanes of at least 4 members (excludes halogenated alkanes) is 3. The van der Waals surface area contributed by atoms with Gasteiger partial charge in [-0.25, -0.2) is 4.79 Å². The monoisotopic (exact) mass is 269 g/mol. The topological polar surface area (TPSA) is 38.3 Å². The summed E-state index contributed by atoms with van der Waals surface area (Å²) < 4.78 is 5.18. The van der Waals surface area contributed by atoms with Crippen LogP contribution in [-0.4, -0.2) is 25.7 Å². The van der Waals surface area contributed by atoms with Gasteiger partial charge in [0.15, 0.2) is 0 Å². The lowest BCUT2D eigenvalue weighted by molar-refractivity contribution is 0.0503. The van der Waals surface area contributed by atoms with Crippen molar-refractivity contribution in [1.29, 1.82) is 0 Å². The van der Waals surface area contributed by atoms with Gasteiger partial charge in [0.05, 0.1) is 6.61 Å². The van der Waals surface area contributed by atoms with Crippen LogP contribution in [0.4, 0.5) is 0 Å². The van der Waals surface area contributed by atoms with Crippen molar-refractivity contribution in [3.8, 4) is 0 Å². The maximum atomic E-state index is 11.5. The predicted molar refractivity (Wildman–Crippen MR) is 76.2 cm³/mol. The number of rotatable bonds is 10. The molecule has 1 aromatic rings. The third kappa shape index (κ3) is 6.77.